The number of carboxylic acids is 1. The van der Waals surface area contributed by atoms with Crippen molar-refractivity contribution in [3.05, 3.63) is 0 Å². The number of aliphatic carboxylic acids is 1. The lowest BCUT2D eigenvalue weighted by Crippen LogP contribution is -2.34. The first kappa shape index (κ1) is 7.84. The first-order chi connectivity index (χ1) is 3.68. The predicted molar refractivity (Wildman–Crippen MR) is 34.9 cm³/mol. The van der Waals surface area contributed by atoms with Gasteiger partial charge in [-0.1, -0.05) is 0 Å². The molecule has 0 rings (SSSR count). The predicted octanol–water partition coefficient (Wildman–Crippen LogP) is -0.662. The van der Waals surface area contributed by atoms with Gasteiger partial charge in [0.1, 0.15) is 0 Å². The van der Waals surface area contributed by atoms with E-state index >= 15 is 0 Å². The fourth-order valence-electron chi connectivity index (χ4n) is 0.205. The standard InChI is InChI=1S/C3H7BNO2S/c1-8-4-2(5)3(6)7/h2H,5H2,1H3,(H,6,7). The summed E-state index contributed by atoms with van der Waals surface area (Å²) in [5.74, 6) is -1.82. The lowest BCUT2D eigenvalue weighted by atomic mass is 9.96. The molecule has 0 aliphatic carbocycles. The van der Waals surface area contributed by atoms with Crippen LogP contribution in [0.5, 0.6) is 0 Å². The Labute approximate surface area is 52.8 Å². The van der Waals surface area contributed by atoms with Gasteiger partial charge in [0.15, 0.2) is 0 Å². The van der Waals surface area contributed by atoms with Crippen molar-refractivity contribution in [1.82, 2.24) is 0 Å². The van der Waals surface area contributed by atoms with Crippen LogP contribution in [-0.2, 0) is 4.79 Å². The zero-order valence-corrected chi connectivity index (χ0v) is 5.31. The van der Waals surface area contributed by atoms with Crippen molar-refractivity contribution in [2.45, 2.75) is 5.94 Å². The average molecular weight is 132 g/mol. The maximum absolute atomic E-state index is 9.92. The molecule has 0 aromatic rings. The van der Waals surface area contributed by atoms with Crippen LogP contribution in [0.2, 0.25) is 0 Å². The maximum atomic E-state index is 9.92. The first-order valence-corrected chi connectivity index (χ1v) is 3.31. The zero-order chi connectivity index (χ0) is 6.57. The molecule has 0 spiro atoms. The van der Waals surface area contributed by atoms with Crippen LogP contribution in [-0.4, -0.2) is 29.8 Å². The lowest BCUT2D eigenvalue weighted by molar-refractivity contribution is -0.136. The zero-order valence-electron chi connectivity index (χ0n) is 4.50. The summed E-state index contributed by atoms with van der Waals surface area (Å²) in [4.78, 5) is 9.92. The second kappa shape index (κ2) is 3.80. The number of hydrogen-bond donors (Lipinski definition) is 2. The Morgan fingerprint density at radius 1 is 2.00 bits per heavy atom. The Morgan fingerprint density at radius 3 is 2.62 bits per heavy atom. The van der Waals surface area contributed by atoms with E-state index in [2.05, 4.69) is 0 Å². The summed E-state index contributed by atoms with van der Waals surface area (Å²) >= 11 is 1.31. The van der Waals surface area contributed by atoms with Crippen molar-refractivity contribution in [2.24, 2.45) is 5.73 Å². The number of rotatable bonds is 3. The summed E-state index contributed by atoms with van der Waals surface area (Å²) in [7, 11) is 0. The molecule has 8 heavy (non-hydrogen) atoms. The fourth-order valence-corrected chi connectivity index (χ4v) is 0.614. The van der Waals surface area contributed by atoms with Crippen LogP contribution < -0.4 is 5.73 Å². The highest BCUT2D eigenvalue weighted by Gasteiger charge is 2.10. The van der Waals surface area contributed by atoms with Gasteiger partial charge in [-0.15, -0.1) is 0 Å². The SMILES string of the molecule is CS[B]C(N)C(=O)O. The summed E-state index contributed by atoms with van der Waals surface area (Å²) in [5.41, 5.74) is 5.05. The minimum absolute atomic E-state index is 0.829. The van der Waals surface area contributed by atoms with Gasteiger partial charge < -0.3 is 10.8 Å². The van der Waals surface area contributed by atoms with Crippen LogP contribution in [0, 0.1) is 0 Å². The molecular weight excluding hydrogens is 125 g/mol. The maximum Gasteiger partial charge on any atom is 0.312 e. The van der Waals surface area contributed by atoms with E-state index in [0.717, 1.165) is 0 Å². The van der Waals surface area contributed by atoms with Crippen molar-refractivity contribution in [3.8, 4) is 0 Å². The van der Waals surface area contributed by atoms with Crippen molar-refractivity contribution in [2.75, 3.05) is 6.26 Å². The third-order valence-electron chi connectivity index (χ3n) is 0.568. The van der Waals surface area contributed by atoms with Gasteiger partial charge in [0.05, 0.1) is 5.94 Å². The summed E-state index contributed by atoms with van der Waals surface area (Å²) < 4.78 is 0. The van der Waals surface area contributed by atoms with Crippen LogP contribution in [0.25, 0.3) is 0 Å². The Kier molecular flexibility index (Phi) is 3.73. The van der Waals surface area contributed by atoms with E-state index in [1.807, 2.05) is 0 Å². The van der Waals surface area contributed by atoms with Gasteiger partial charge in [0.2, 0.25) is 6.56 Å². The molecule has 0 aromatic heterocycles. The van der Waals surface area contributed by atoms with Crippen LogP contribution >= 0.6 is 11.6 Å². The highest BCUT2D eigenvalue weighted by atomic mass is 32.2. The van der Waals surface area contributed by atoms with E-state index < -0.39 is 11.9 Å². The van der Waals surface area contributed by atoms with Gasteiger partial charge in [-0.3, -0.25) is 4.79 Å². The summed E-state index contributed by atoms with van der Waals surface area (Å²) in [6, 6.07) is 0. The van der Waals surface area contributed by atoms with Crippen LogP contribution in [0.3, 0.4) is 0 Å². The minimum Gasteiger partial charge on any atom is -0.481 e. The molecule has 1 atom stereocenters. The molecule has 0 saturated heterocycles. The van der Waals surface area contributed by atoms with E-state index in [0.29, 0.717) is 0 Å². The molecule has 0 aromatic carbocycles. The topological polar surface area (TPSA) is 63.3 Å². The molecule has 0 bridgehead atoms. The molecule has 3 N–H and O–H groups in total. The molecule has 0 aliphatic rings. The Bertz CT molecular complexity index is 89.4. The quantitative estimate of drug-likeness (QED) is 0.500. The molecule has 0 heterocycles. The number of hydrogen-bond acceptors (Lipinski definition) is 3. The average Bonchev–Trinajstić information content (AvgIpc) is 1.67. The second-order valence-electron chi connectivity index (χ2n) is 1.24. The molecule has 3 nitrogen and oxygen atoms in total. The molecule has 0 fully saturated rings. The van der Waals surface area contributed by atoms with Gasteiger partial charge >= 0.3 is 5.97 Å². The van der Waals surface area contributed by atoms with Gasteiger partial charge in [-0.05, 0) is 6.26 Å². The molecule has 1 unspecified atom stereocenters. The minimum atomic E-state index is -0.987. The normalized spacial score (nSPS) is 12.8. The van der Waals surface area contributed by atoms with Crippen molar-refractivity contribution >= 4 is 24.1 Å². The largest absolute Gasteiger partial charge is 0.481 e. The molecule has 45 valence electrons. The first-order valence-electron chi connectivity index (χ1n) is 2.03. The third kappa shape index (κ3) is 2.93. The Balaban J connectivity index is 3.32. The smallest absolute Gasteiger partial charge is 0.312 e. The van der Waals surface area contributed by atoms with Crippen LogP contribution in [0.1, 0.15) is 0 Å². The van der Waals surface area contributed by atoms with Crippen LogP contribution in [0.4, 0.5) is 0 Å². The molecule has 0 amide bonds. The molecule has 0 aliphatic heterocycles. The van der Waals surface area contributed by atoms with Crippen LogP contribution in [0.15, 0.2) is 0 Å². The summed E-state index contributed by atoms with van der Waals surface area (Å²) in [5, 5.41) is 8.14. The van der Waals surface area contributed by atoms with E-state index in [1.165, 1.54) is 18.2 Å². The summed E-state index contributed by atoms with van der Waals surface area (Å²) in [6.07, 6.45) is 1.77. The van der Waals surface area contributed by atoms with E-state index in [1.54, 1.807) is 6.26 Å². The highest BCUT2D eigenvalue weighted by molar-refractivity contribution is 8.22. The van der Waals surface area contributed by atoms with Gasteiger partial charge in [-0.2, -0.15) is 0 Å². The highest BCUT2D eigenvalue weighted by Crippen LogP contribution is 1.89. The number of carbonyl (C=O) groups is 1. The van der Waals surface area contributed by atoms with Crippen molar-refractivity contribution < 1.29 is 9.90 Å². The molecule has 1 radical (unpaired) electrons. The molecule has 5 heteroatoms. The molecule has 0 saturated carbocycles. The fraction of sp³-hybridized carbons (Fsp3) is 0.667. The lowest BCUT2D eigenvalue weighted by Gasteiger charge is -1.98. The van der Waals surface area contributed by atoms with E-state index in [-0.39, 0.29) is 0 Å². The van der Waals surface area contributed by atoms with Crippen molar-refractivity contribution in [1.29, 1.82) is 0 Å². The monoisotopic (exact) mass is 132 g/mol. The van der Waals surface area contributed by atoms with Gasteiger partial charge in [-0.25, -0.2) is 11.6 Å². The van der Waals surface area contributed by atoms with E-state index in [4.69, 9.17) is 10.8 Å². The Morgan fingerprint density at radius 2 is 2.50 bits per heavy atom. The van der Waals surface area contributed by atoms with E-state index in [9.17, 15) is 4.79 Å². The Hall–Kier alpha value is -0.155. The molecular formula is C3H7BNO2S. The van der Waals surface area contributed by atoms with Crippen molar-refractivity contribution in [3.63, 3.8) is 0 Å². The number of carboxylic acid groups (broad SMARTS) is 1. The van der Waals surface area contributed by atoms with Gasteiger partial charge in [0.25, 0.3) is 0 Å². The second-order valence-corrected chi connectivity index (χ2v) is 1.98. The van der Waals surface area contributed by atoms with Gasteiger partial charge in [0, 0.05) is 0 Å². The third-order valence-corrected chi connectivity index (χ3v) is 1.13. The number of nitrogens with two attached hydrogens (primary N) is 1. The summed E-state index contributed by atoms with van der Waals surface area (Å²) in [6.45, 7) is 1.46.